The number of likely N-dealkylation sites (N-methyl/N-ethyl adjacent to an activating group) is 1. The Hall–Kier alpha value is -2.20. The molecule has 0 spiro atoms. The highest BCUT2D eigenvalue weighted by molar-refractivity contribution is 5.59. The molecule has 3 rings (SSSR count). The summed E-state index contributed by atoms with van der Waals surface area (Å²) in [6, 6.07) is 12.4. The number of nitrogens with one attached hydrogen (secondary N) is 1. The van der Waals surface area contributed by atoms with Crippen molar-refractivity contribution in [2.75, 3.05) is 30.9 Å². The van der Waals surface area contributed by atoms with Crippen LogP contribution in [0.5, 0.6) is 5.75 Å². The number of hydrogen-bond donors (Lipinski definition) is 2. The van der Waals surface area contributed by atoms with Gasteiger partial charge in [-0.3, -0.25) is 0 Å². The minimum atomic E-state index is -0.0239. The van der Waals surface area contributed by atoms with Crippen LogP contribution in [-0.4, -0.2) is 25.8 Å². The molecule has 0 amide bonds. The average molecular weight is 298 g/mol. The molecule has 0 aliphatic carbocycles. The summed E-state index contributed by atoms with van der Waals surface area (Å²) in [5.41, 5.74) is 5.82. The van der Waals surface area contributed by atoms with Crippen LogP contribution in [0.2, 0.25) is 0 Å². The first-order chi connectivity index (χ1) is 10.7. The maximum Gasteiger partial charge on any atom is 0.124 e. The van der Waals surface area contributed by atoms with Crippen LogP contribution < -0.4 is 15.0 Å². The van der Waals surface area contributed by atoms with E-state index in [2.05, 4.69) is 35.5 Å². The number of fused-ring (bicyclic) bond motifs is 1. The van der Waals surface area contributed by atoms with E-state index in [0.717, 1.165) is 30.8 Å². The smallest absolute Gasteiger partial charge is 0.124 e. The van der Waals surface area contributed by atoms with Crippen LogP contribution in [0.25, 0.3) is 0 Å². The lowest BCUT2D eigenvalue weighted by molar-refractivity contribution is 0.274. The zero-order valence-corrected chi connectivity index (χ0v) is 13.1. The van der Waals surface area contributed by atoms with Gasteiger partial charge in [-0.1, -0.05) is 12.1 Å². The van der Waals surface area contributed by atoms with Gasteiger partial charge >= 0.3 is 0 Å². The number of methoxy groups -OCH3 is 1. The fourth-order valence-corrected chi connectivity index (χ4v) is 2.95. The number of benzene rings is 2. The van der Waals surface area contributed by atoms with E-state index in [0.29, 0.717) is 5.75 Å². The number of aliphatic hydroxyl groups excluding tert-OH is 1. The molecule has 4 nitrogen and oxygen atoms in total. The van der Waals surface area contributed by atoms with Gasteiger partial charge in [0, 0.05) is 37.1 Å². The molecule has 0 aromatic heterocycles. The molecule has 4 heteroatoms. The lowest BCUT2D eigenvalue weighted by Gasteiger charge is -2.13. The van der Waals surface area contributed by atoms with Crippen LogP contribution in [-0.2, 0) is 19.6 Å². The second-order valence-corrected chi connectivity index (χ2v) is 5.67. The van der Waals surface area contributed by atoms with Crippen molar-refractivity contribution in [1.82, 2.24) is 0 Å². The summed E-state index contributed by atoms with van der Waals surface area (Å²) in [5.74, 6) is 0.716. The van der Waals surface area contributed by atoms with Crippen molar-refractivity contribution in [3.8, 4) is 5.75 Å². The van der Waals surface area contributed by atoms with Crippen molar-refractivity contribution < 1.29 is 9.84 Å². The van der Waals surface area contributed by atoms with E-state index in [1.165, 1.54) is 16.8 Å². The minimum absolute atomic E-state index is 0.0239. The van der Waals surface area contributed by atoms with Crippen LogP contribution >= 0.6 is 0 Å². The molecule has 2 N–H and O–H groups in total. The highest BCUT2D eigenvalue weighted by Crippen LogP contribution is 2.28. The third-order valence-electron chi connectivity index (χ3n) is 4.22. The Balaban J connectivity index is 1.70. The lowest BCUT2D eigenvalue weighted by atomic mass is 10.1. The number of hydrogen-bond acceptors (Lipinski definition) is 4. The van der Waals surface area contributed by atoms with Crippen LogP contribution in [0.15, 0.2) is 36.4 Å². The van der Waals surface area contributed by atoms with Gasteiger partial charge in [-0.25, -0.2) is 0 Å². The average Bonchev–Trinajstić information content (AvgIpc) is 2.93. The molecule has 116 valence electrons. The van der Waals surface area contributed by atoms with Crippen LogP contribution in [0, 0.1) is 0 Å². The molecule has 2 aromatic carbocycles. The molecule has 2 aromatic rings. The summed E-state index contributed by atoms with van der Waals surface area (Å²) in [7, 11) is 3.75. The van der Waals surface area contributed by atoms with Crippen LogP contribution in [0.1, 0.15) is 16.7 Å². The quantitative estimate of drug-likeness (QED) is 0.891. The Morgan fingerprint density at radius 2 is 2.09 bits per heavy atom. The van der Waals surface area contributed by atoms with Gasteiger partial charge in [0.25, 0.3) is 0 Å². The number of ether oxygens (including phenoxy) is 1. The van der Waals surface area contributed by atoms with Gasteiger partial charge in [-0.05, 0) is 41.8 Å². The molecule has 0 bridgehead atoms. The van der Waals surface area contributed by atoms with Crippen molar-refractivity contribution in [2.45, 2.75) is 19.6 Å². The van der Waals surface area contributed by atoms with E-state index < -0.39 is 0 Å². The van der Waals surface area contributed by atoms with Gasteiger partial charge in [-0.2, -0.15) is 0 Å². The van der Waals surface area contributed by atoms with Crippen molar-refractivity contribution >= 4 is 11.4 Å². The molecule has 1 aliphatic rings. The molecule has 22 heavy (non-hydrogen) atoms. The molecule has 0 saturated carbocycles. The van der Waals surface area contributed by atoms with Crippen molar-refractivity contribution in [1.29, 1.82) is 0 Å². The zero-order valence-electron chi connectivity index (χ0n) is 13.1. The molecular formula is C18H22N2O2. The van der Waals surface area contributed by atoms with E-state index in [9.17, 15) is 5.11 Å². The van der Waals surface area contributed by atoms with Crippen molar-refractivity contribution in [3.63, 3.8) is 0 Å². The van der Waals surface area contributed by atoms with E-state index in [-0.39, 0.29) is 6.61 Å². The first-order valence-electron chi connectivity index (χ1n) is 7.56. The summed E-state index contributed by atoms with van der Waals surface area (Å²) in [5, 5.41) is 12.8. The molecular weight excluding hydrogens is 276 g/mol. The van der Waals surface area contributed by atoms with E-state index in [1.807, 2.05) is 18.2 Å². The Morgan fingerprint density at radius 3 is 2.86 bits per heavy atom. The summed E-state index contributed by atoms with van der Waals surface area (Å²) in [6.45, 7) is 1.85. The largest absolute Gasteiger partial charge is 0.496 e. The second-order valence-electron chi connectivity index (χ2n) is 5.67. The predicted molar refractivity (Wildman–Crippen MR) is 89.7 cm³/mol. The Labute approximate surface area is 131 Å². The summed E-state index contributed by atoms with van der Waals surface area (Å²) >= 11 is 0. The summed E-state index contributed by atoms with van der Waals surface area (Å²) in [4.78, 5) is 2.30. The Kier molecular flexibility index (Phi) is 4.20. The SMILES string of the molecule is COc1ccc(NCc2ccc3c(c2)CCN3C)cc1CO. The van der Waals surface area contributed by atoms with Crippen molar-refractivity contribution in [3.05, 3.63) is 53.1 Å². The van der Waals surface area contributed by atoms with Crippen LogP contribution in [0.3, 0.4) is 0 Å². The number of nitrogens with zero attached hydrogens (tertiary/aromatic N) is 1. The van der Waals surface area contributed by atoms with Gasteiger partial charge in [0.2, 0.25) is 0 Å². The monoisotopic (exact) mass is 298 g/mol. The predicted octanol–water partition coefficient (Wildman–Crippen LogP) is 2.79. The zero-order chi connectivity index (χ0) is 15.5. The standard InChI is InChI=1S/C18H22N2O2/c1-20-8-7-14-9-13(3-5-17(14)20)11-19-16-4-6-18(22-2)15(10-16)12-21/h3-6,9-10,19,21H,7-8,11-12H2,1-2H3. The molecule has 0 unspecified atom stereocenters. The molecule has 0 saturated heterocycles. The first kappa shape index (κ1) is 14.7. The fraction of sp³-hybridized carbons (Fsp3) is 0.333. The number of rotatable bonds is 5. The first-order valence-corrected chi connectivity index (χ1v) is 7.56. The van der Waals surface area contributed by atoms with Gasteiger partial charge < -0.3 is 20.1 Å². The van der Waals surface area contributed by atoms with E-state index in [1.54, 1.807) is 7.11 Å². The van der Waals surface area contributed by atoms with Gasteiger partial charge in [0.05, 0.1) is 13.7 Å². The van der Waals surface area contributed by atoms with Gasteiger partial charge in [0.1, 0.15) is 5.75 Å². The normalized spacial score (nSPS) is 13.1. The van der Waals surface area contributed by atoms with E-state index in [4.69, 9.17) is 4.74 Å². The third kappa shape index (κ3) is 2.88. The van der Waals surface area contributed by atoms with Gasteiger partial charge in [0.15, 0.2) is 0 Å². The van der Waals surface area contributed by atoms with E-state index >= 15 is 0 Å². The second kappa shape index (κ2) is 6.28. The Morgan fingerprint density at radius 1 is 1.23 bits per heavy atom. The molecule has 1 aliphatic heterocycles. The van der Waals surface area contributed by atoms with Crippen LogP contribution in [0.4, 0.5) is 11.4 Å². The van der Waals surface area contributed by atoms with Gasteiger partial charge in [-0.15, -0.1) is 0 Å². The highest BCUT2D eigenvalue weighted by Gasteiger charge is 2.15. The highest BCUT2D eigenvalue weighted by atomic mass is 16.5. The third-order valence-corrected chi connectivity index (χ3v) is 4.22. The fourth-order valence-electron chi connectivity index (χ4n) is 2.95. The number of aliphatic hydroxyl groups is 1. The van der Waals surface area contributed by atoms with Crippen molar-refractivity contribution in [2.24, 2.45) is 0 Å². The summed E-state index contributed by atoms with van der Waals surface area (Å²) < 4.78 is 5.22. The number of anilines is 2. The molecule has 1 heterocycles. The molecule has 0 radical (unpaired) electrons. The molecule has 0 atom stereocenters. The lowest BCUT2D eigenvalue weighted by Crippen LogP contribution is -2.12. The maximum absolute atomic E-state index is 9.38. The minimum Gasteiger partial charge on any atom is -0.496 e. The Bertz CT molecular complexity index is 659. The maximum atomic E-state index is 9.38. The topological polar surface area (TPSA) is 44.7 Å². The summed E-state index contributed by atoms with van der Waals surface area (Å²) in [6.07, 6.45) is 1.12. The molecule has 0 fully saturated rings.